The number of hydrogen-bond donors (Lipinski definition) is 3. The first-order chi connectivity index (χ1) is 4.15. The normalized spacial score (nSPS) is 7.00. The van der Waals surface area contributed by atoms with Gasteiger partial charge in [-0.1, -0.05) is 13.2 Å². The highest BCUT2D eigenvalue weighted by Gasteiger charge is 1.61. The van der Waals surface area contributed by atoms with Gasteiger partial charge in [-0.15, -0.1) is 0 Å². The molecule has 0 aliphatic heterocycles. The number of hydrogen-bond acceptors (Lipinski definition) is 2. The molecule has 9 heavy (non-hydrogen) atoms. The molecule has 3 N–H and O–H groups in total. The maximum Gasteiger partial charge on any atom is 0.314 e. The third-order valence-corrected chi connectivity index (χ3v) is 0.236. The van der Waals surface area contributed by atoms with Crippen LogP contribution in [0.3, 0.4) is 0 Å². The molecule has 54 valence electrons. The van der Waals surface area contributed by atoms with Gasteiger partial charge in [-0.25, -0.2) is 0 Å². The third-order valence-electron chi connectivity index (χ3n) is 0.236. The molecule has 0 saturated carbocycles. The van der Waals surface area contributed by atoms with Gasteiger partial charge in [-0.3, -0.25) is 4.57 Å². The Kier molecular flexibility index (Phi) is 13.0. The zero-order chi connectivity index (χ0) is 7.70. The molecule has 0 heterocycles. The van der Waals surface area contributed by atoms with Gasteiger partial charge in [0.25, 0.3) is 0 Å². The largest absolute Gasteiger partial charge is 0.369 e. The van der Waals surface area contributed by atoms with Gasteiger partial charge in [0.1, 0.15) is 0 Å². The van der Waals surface area contributed by atoms with E-state index in [1.165, 1.54) is 0 Å². The molecular weight excluding hydrogens is 141 g/mol. The van der Waals surface area contributed by atoms with Gasteiger partial charge in [-0.2, -0.15) is 0 Å². The molecule has 0 saturated heterocycles. The van der Waals surface area contributed by atoms with Crippen LogP contribution in [0.15, 0.2) is 25.6 Å². The molecule has 0 radical (unpaired) electrons. The molecule has 0 aliphatic rings. The maximum atomic E-state index is 8.74. The predicted molar refractivity (Wildman–Crippen MR) is 37.0 cm³/mol. The third kappa shape index (κ3) is 107. The molecule has 0 fully saturated rings. The molecule has 4 nitrogen and oxygen atoms in total. The van der Waals surface area contributed by atoms with E-state index in [-0.39, 0.29) is 0 Å². The highest BCUT2D eigenvalue weighted by atomic mass is 31.1. The minimum Gasteiger partial charge on any atom is -0.369 e. The molecule has 0 aromatic carbocycles. The second kappa shape index (κ2) is 10.4. The van der Waals surface area contributed by atoms with Crippen LogP contribution in [0.2, 0.25) is 0 Å². The number of nitrogens with one attached hydrogen (secondary N) is 1. The Balaban J connectivity index is 0. The minimum absolute atomic E-state index is 1.56. The molecule has 0 amide bonds. The van der Waals surface area contributed by atoms with Gasteiger partial charge in [0, 0.05) is 0 Å². The summed E-state index contributed by atoms with van der Waals surface area (Å²) in [6.45, 7) is 6.74. The summed E-state index contributed by atoms with van der Waals surface area (Å²) in [5.74, 6) is 0. The van der Waals surface area contributed by atoms with E-state index < -0.39 is 8.25 Å². The predicted octanol–water partition coefficient (Wildman–Crippen LogP) is 0.224. The lowest BCUT2D eigenvalue weighted by atomic mass is 10.9. The van der Waals surface area contributed by atoms with Crippen LogP contribution in [0, 0.1) is 0 Å². The average molecular weight is 151 g/mol. The van der Waals surface area contributed by atoms with E-state index in [2.05, 4.69) is 18.5 Å². The lowest BCUT2D eigenvalue weighted by molar-refractivity contribution is 0.405. The highest BCUT2D eigenvalue weighted by molar-refractivity contribution is 7.30. The maximum absolute atomic E-state index is 8.74. The summed E-state index contributed by atoms with van der Waals surface area (Å²) >= 11 is 0. The summed E-state index contributed by atoms with van der Waals surface area (Å²) in [4.78, 5) is 14.3. The Morgan fingerprint density at radius 3 is 1.56 bits per heavy atom. The van der Waals surface area contributed by atoms with E-state index >= 15 is 0 Å². The van der Waals surface area contributed by atoms with E-state index in [9.17, 15) is 0 Å². The lowest BCUT2D eigenvalue weighted by Crippen LogP contribution is -1.85. The van der Waals surface area contributed by atoms with Gasteiger partial charge >= 0.3 is 8.25 Å². The first kappa shape index (κ1) is 11.3. The summed E-state index contributed by atoms with van der Waals surface area (Å²) < 4.78 is 8.74. The fraction of sp³-hybridized carbons (Fsp3) is 0. The topological polar surface area (TPSA) is 69.6 Å². The van der Waals surface area contributed by atoms with Crippen LogP contribution in [0.25, 0.3) is 0 Å². The van der Waals surface area contributed by atoms with E-state index in [4.69, 9.17) is 14.4 Å². The summed E-state index contributed by atoms with van der Waals surface area (Å²) in [5, 5.41) is 2.64. The monoisotopic (exact) mass is 151 g/mol. The molecule has 0 aromatic rings. The van der Waals surface area contributed by atoms with Crippen molar-refractivity contribution in [2.45, 2.75) is 0 Å². The first-order valence-electron chi connectivity index (χ1n) is 2.05. The second-order valence-corrected chi connectivity index (χ2v) is 1.42. The lowest BCUT2D eigenvalue weighted by Gasteiger charge is -1.75. The zero-order valence-corrected chi connectivity index (χ0v) is 5.87. The van der Waals surface area contributed by atoms with Crippen LogP contribution in [0.5, 0.6) is 0 Å². The Bertz CT molecular complexity index is 94.0. The second-order valence-electron chi connectivity index (χ2n) is 0.857. The summed E-state index contributed by atoms with van der Waals surface area (Å²) in [7, 11) is -3.13. The molecule has 0 bridgehead atoms. The van der Waals surface area contributed by atoms with Crippen LogP contribution in [0.1, 0.15) is 0 Å². The van der Waals surface area contributed by atoms with Crippen molar-refractivity contribution in [3.8, 4) is 0 Å². The summed E-state index contributed by atoms with van der Waals surface area (Å²) in [6, 6.07) is 0. The minimum atomic E-state index is -3.13. The molecule has 0 atom stereocenters. The Hall–Kier alpha value is -0.570. The Labute approximate surface area is 54.5 Å². The van der Waals surface area contributed by atoms with Crippen molar-refractivity contribution in [3.63, 3.8) is 0 Å². The van der Waals surface area contributed by atoms with Crippen molar-refractivity contribution in [1.82, 2.24) is 5.32 Å². The van der Waals surface area contributed by atoms with Crippen LogP contribution < -0.4 is 5.32 Å². The van der Waals surface area contributed by atoms with Crippen molar-refractivity contribution < 1.29 is 14.4 Å². The fourth-order valence-corrected chi connectivity index (χ4v) is 0.0833. The smallest absolute Gasteiger partial charge is 0.314 e. The molecule has 0 aromatic heterocycles. The zero-order valence-electron chi connectivity index (χ0n) is 4.87. The average Bonchev–Trinajstić information content (AvgIpc) is 1.66. The Morgan fingerprint density at radius 2 is 1.56 bits per heavy atom. The Morgan fingerprint density at radius 1 is 1.33 bits per heavy atom. The van der Waals surface area contributed by atoms with Crippen molar-refractivity contribution in [3.05, 3.63) is 25.6 Å². The first-order valence-corrected chi connectivity index (χ1v) is 3.35. The van der Waals surface area contributed by atoms with Crippen molar-refractivity contribution in [1.29, 1.82) is 0 Å². The summed E-state index contributed by atoms with van der Waals surface area (Å²) in [6.07, 6.45) is 3.12. The van der Waals surface area contributed by atoms with Crippen molar-refractivity contribution in [2.75, 3.05) is 0 Å². The molecule has 0 aliphatic carbocycles. The van der Waals surface area contributed by atoms with Crippen molar-refractivity contribution >= 4 is 8.25 Å². The number of rotatable bonds is 2. The van der Waals surface area contributed by atoms with E-state index in [0.29, 0.717) is 0 Å². The van der Waals surface area contributed by atoms with Gasteiger partial charge < -0.3 is 15.1 Å². The molecular formula is C4H10NO3P. The van der Waals surface area contributed by atoms with Crippen LogP contribution in [-0.4, -0.2) is 9.79 Å². The fourth-order valence-electron chi connectivity index (χ4n) is 0.0833. The van der Waals surface area contributed by atoms with E-state index in [0.717, 1.165) is 0 Å². The SMILES string of the molecule is C=CNC=C.O=[PH](O)O. The van der Waals surface area contributed by atoms with Gasteiger partial charge in [0.05, 0.1) is 0 Å². The van der Waals surface area contributed by atoms with Gasteiger partial charge in [0.15, 0.2) is 0 Å². The van der Waals surface area contributed by atoms with Crippen molar-refractivity contribution in [2.24, 2.45) is 0 Å². The van der Waals surface area contributed by atoms with E-state index in [1.54, 1.807) is 12.4 Å². The van der Waals surface area contributed by atoms with Crippen LogP contribution in [0.4, 0.5) is 0 Å². The van der Waals surface area contributed by atoms with Gasteiger partial charge in [-0.05, 0) is 12.4 Å². The van der Waals surface area contributed by atoms with Crippen LogP contribution in [-0.2, 0) is 4.57 Å². The standard InChI is InChI=1S/C4H7N.H3O3P/c1-3-5-4-2;1-4(2)3/h3-5H,1-2H2;4H,(H2,1,2,3). The highest BCUT2D eigenvalue weighted by Crippen LogP contribution is 1.98. The molecule has 0 spiro atoms. The quantitative estimate of drug-likeness (QED) is 0.494. The molecule has 5 heteroatoms. The van der Waals surface area contributed by atoms with E-state index in [1.807, 2.05) is 0 Å². The van der Waals surface area contributed by atoms with Gasteiger partial charge in [0.2, 0.25) is 0 Å². The molecule has 0 rings (SSSR count). The molecule has 0 unspecified atom stereocenters. The summed E-state index contributed by atoms with van der Waals surface area (Å²) in [5.41, 5.74) is 0. The van der Waals surface area contributed by atoms with Crippen LogP contribution >= 0.6 is 8.25 Å².